The standard InChI is InChI=1S/C28H36N4O4/c1-19(29-26(33)17-20-14-15-24(35-3)25(16-20)36-4)28-30-22-12-8-9-13-23(22)32(28)18-27(34)31(2)21-10-6-5-7-11-21/h8-9,12-16,19,21H,5-7,10-11,17-18H2,1-4H3,(H,29,33). The van der Waals surface area contributed by atoms with E-state index in [1.54, 1.807) is 26.4 Å². The molecule has 1 saturated carbocycles. The summed E-state index contributed by atoms with van der Waals surface area (Å²) in [4.78, 5) is 32.9. The number of carbonyl (C=O) groups excluding carboxylic acids is 2. The molecule has 1 heterocycles. The van der Waals surface area contributed by atoms with Gasteiger partial charge in [-0.2, -0.15) is 0 Å². The van der Waals surface area contributed by atoms with E-state index in [-0.39, 0.29) is 30.8 Å². The average molecular weight is 493 g/mol. The third kappa shape index (κ3) is 5.64. The van der Waals surface area contributed by atoms with Crippen molar-refractivity contribution in [3.05, 3.63) is 53.9 Å². The van der Waals surface area contributed by atoms with E-state index in [2.05, 4.69) is 5.32 Å². The third-order valence-electron chi connectivity index (χ3n) is 7.07. The Morgan fingerprint density at radius 3 is 2.53 bits per heavy atom. The fourth-order valence-electron chi connectivity index (χ4n) is 5.04. The van der Waals surface area contributed by atoms with Gasteiger partial charge in [0.1, 0.15) is 12.4 Å². The summed E-state index contributed by atoms with van der Waals surface area (Å²) < 4.78 is 12.6. The van der Waals surface area contributed by atoms with Crippen LogP contribution in [0.3, 0.4) is 0 Å². The molecule has 2 aromatic carbocycles. The Morgan fingerprint density at radius 1 is 1.08 bits per heavy atom. The Balaban J connectivity index is 1.51. The Bertz CT molecular complexity index is 1220. The fraction of sp³-hybridized carbons (Fsp3) is 0.464. The molecule has 1 atom stereocenters. The lowest BCUT2D eigenvalue weighted by molar-refractivity contribution is -0.133. The number of para-hydroxylation sites is 2. The molecule has 3 aromatic rings. The largest absolute Gasteiger partial charge is 0.493 e. The van der Waals surface area contributed by atoms with Crippen molar-refractivity contribution in [1.29, 1.82) is 0 Å². The molecule has 192 valence electrons. The molecule has 1 unspecified atom stereocenters. The van der Waals surface area contributed by atoms with Gasteiger partial charge in [-0.05, 0) is 49.6 Å². The van der Waals surface area contributed by atoms with Gasteiger partial charge in [-0.1, -0.05) is 37.5 Å². The Kier molecular flexibility index (Phi) is 8.13. The van der Waals surface area contributed by atoms with E-state index in [1.807, 2.05) is 53.8 Å². The van der Waals surface area contributed by atoms with E-state index >= 15 is 0 Å². The highest BCUT2D eigenvalue weighted by Crippen LogP contribution is 2.28. The van der Waals surface area contributed by atoms with Crippen LogP contribution in [0.2, 0.25) is 0 Å². The van der Waals surface area contributed by atoms with Crippen LogP contribution >= 0.6 is 0 Å². The first-order valence-corrected chi connectivity index (χ1v) is 12.6. The van der Waals surface area contributed by atoms with Crippen molar-refractivity contribution in [2.45, 2.75) is 64.1 Å². The van der Waals surface area contributed by atoms with Gasteiger partial charge in [-0.15, -0.1) is 0 Å². The quantitative estimate of drug-likeness (QED) is 0.482. The van der Waals surface area contributed by atoms with Gasteiger partial charge in [0.15, 0.2) is 11.5 Å². The van der Waals surface area contributed by atoms with Crippen LogP contribution in [0.25, 0.3) is 11.0 Å². The Morgan fingerprint density at radius 2 is 1.81 bits per heavy atom. The zero-order chi connectivity index (χ0) is 25.7. The smallest absolute Gasteiger partial charge is 0.242 e. The molecule has 4 rings (SSSR count). The molecular weight excluding hydrogens is 456 g/mol. The number of amides is 2. The van der Waals surface area contributed by atoms with Gasteiger partial charge < -0.3 is 24.3 Å². The molecule has 1 aliphatic carbocycles. The lowest BCUT2D eigenvalue weighted by Crippen LogP contribution is -2.40. The number of likely N-dealkylation sites (N-methyl/N-ethyl adjacent to an activating group) is 1. The van der Waals surface area contributed by atoms with Crippen molar-refractivity contribution in [2.24, 2.45) is 0 Å². The summed E-state index contributed by atoms with van der Waals surface area (Å²) >= 11 is 0. The van der Waals surface area contributed by atoms with Gasteiger partial charge in [0, 0.05) is 13.1 Å². The molecule has 0 saturated heterocycles. The van der Waals surface area contributed by atoms with Crippen LogP contribution in [-0.4, -0.2) is 53.6 Å². The molecule has 8 heteroatoms. The summed E-state index contributed by atoms with van der Waals surface area (Å²) in [5, 5.41) is 3.06. The summed E-state index contributed by atoms with van der Waals surface area (Å²) in [6.45, 7) is 2.10. The van der Waals surface area contributed by atoms with Crippen LogP contribution in [0.1, 0.15) is 56.5 Å². The number of benzene rings is 2. The number of carbonyl (C=O) groups is 2. The van der Waals surface area contributed by atoms with Crippen molar-refractivity contribution in [1.82, 2.24) is 19.8 Å². The van der Waals surface area contributed by atoms with E-state index in [0.29, 0.717) is 23.4 Å². The zero-order valence-electron chi connectivity index (χ0n) is 21.6. The van der Waals surface area contributed by atoms with Gasteiger partial charge >= 0.3 is 0 Å². The summed E-state index contributed by atoms with van der Waals surface area (Å²) in [5.41, 5.74) is 2.51. The summed E-state index contributed by atoms with van der Waals surface area (Å²) in [6, 6.07) is 13.1. The minimum atomic E-state index is -0.377. The average Bonchev–Trinajstić information content (AvgIpc) is 3.27. The highest BCUT2D eigenvalue weighted by Gasteiger charge is 2.25. The summed E-state index contributed by atoms with van der Waals surface area (Å²) in [7, 11) is 5.06. The molecule has 0 aliphatic heterocycles. The predicted molar refractivity (Wildman–Crippen MR) is 139 cm³/mol. The number of rotatable bonds is 9. The van der Waals surface area contributed by atoms with E-state index in [1.165, 1.54) is 19.3 Å². The fourth-order valence-corrected chi connectivity index (χ4v) is 5.04. The molecule has 1 aliphatic rings. The van der Waals surface area contributed by atoms with Crippen LogP contribution in [-0.2, 0) is 22.6 Å². The Labute approximate surface area is 212 Å². The topological polar surface area (TPSA) is 85.7 Å². The van der Waals surface area contributed by atoms with Crippen molar-refractivity contribution < 1.29 is 19.1 Å². The van der Waals surface area contributed by atoms with Gasteiger partial charge in [-0.3, -0.25) is 9.59 Å². The maximum absolute atomic E-state index is 13.3. The number of nitrogens with one attached hydrogen (secondary N) is 1. The van der Waals surface area contributed by atoms with E-state index in [0.717, 1.165) is 29.4 Å². The number of nitrogens with zero attached hydrogens (tertiary/aromatic N) is 3. The Hall–Kier alpha value is -3.55. The van der Waals surface area contributed by atoms with Gasteiger partial charge in [0.25, 0.3) is 0 Å². The first kappa shape index (κ1) is 25.5. The molecule has 0 bridgehead atoms. The number of fused-ring (bicyclic) bond motifs is 1. The number of aromatic nitrogens is 2. The maximum Gasteiger partial charge on any atom is 0.242 e. The second-order valence-electron chi connectivity index (χ2n) is 9.50. The first-order chi connectivity index (χ1) is 17.4. The molecule has 0 radical (unpaired) electrons. The van der Waals surface area contributed by atoms with Crippen molar-refractivity contribution >= 4 is 22.8 Å². The first-order valence-electron chi connectivity index (χ1n) is 12.6. The maximum atomic E-state index is 13.3. The lowest BCUT2D eigenvalue weighted by atomic mass is 9.94. The highest BCUT2D eigenvalue weighted by molar-refractivity contribution is 5.82. The number of hydrogen-bond donors (Lipinski definition) is 1. The summed E-state index contributed by atoms with van der Waals surface area (Å²) in [6.07, 6.45) is 5.89. The van der Waals surface area contributed by atoms with E-state index in [9.17, 15) is 9.59 Å². The van der Waals surface area contributed by atoms with Crippen molar-refractivity contribution in [2.75, 3.05) is 21.3 Å². The van der Waals surface area contributed by atoms with Crippen molar-refractivity contribution in [3.63, 3.8) is 0 Å². The second kappa shape index (κ2) is 11.5. The number of methoxy groups -OCH3 is 2. The molecule has 1 N–H and O–H groups in total. The normalized spacial score (nSPS) is 14.9. The molecule has 1 fully saturated rings. The van der Waals surface area contributed by atoms with Crippen LogP contribution in [0.4, 0.5) is 0 Å². The van der Waals surface area contributed by atoms with Crippen LogP contribution in [0, 0.1) is 0 Å². The summed E-state index contributed by atoms with van der Waals surface area (Å²) in [5.74, 6) is 1.79. The molecular formula is C28H36N4O4. The molecule has 36 heavy (non-hydrogen) atoms. The van der Waals surface area contributed by atoms with Gasteiger partial charge in [-0.25, -0.2) is 4.98 Å². The highest BCUT2D eigenvalue weighted by atomic mass is 16.5. The molecule has 1 aromatic heterocycles. The second-order valence-corrected chi connectivity index (χ2v) is 9.50. The van der Waals surface area contributed by atoms with E-state index < -0.39 is 0 Å². The predicted octanol–water partition coefficient (Wildman–Crippen LogP) is 4.26. The van der Waals surface area contributed by atoms with Crippen LogP contribution in [0.15, 0.2) is 42.5 Å². The minimum absolute atomic E-state index is 0.0650. The number of hydrogen-bond acceptors (Lipinski definition) is 5. The number of ether oxygens (including phenoxy) is 2. The molecule has 0 spiro atoms. The SMILES string of the molecule is COc1ccc(CC(=O)NC(C)c2nc3ccccc3n2CC(=O)N(C)C2CCCCC2)cc1OC. The van der Waals surface area contributed by atoms with E-state index in [4.69, 9.17) is 14.5 Å². The monoisotopic (exact) mass is 492 g/mol. The molecule has 8 nitrogen and oxygen atoms in total. The lowest BCUT2D eigenvalue weighted by Gasteiger charge is -2.31. The van der Waals surface area contributed by atoms with Crippen molar-refractivity contribution in [3.8, 4) is 11.5 Å². The zero-order valence-corrected chi connectivity index (χ0v) is 21.6. The minimum Gasteiger partial charge on any atom is -0.493 e. The third-order valence-corrected chi connectivity index (χ3v) is 7.07. The van der Waals surface area contributed by atoms with Crippen LogP contribution < -0.4 is 14.8 Å². The number of imidazole rings is 1. The van der Waals surface area contributed by atoms with Gasteiger partial charge in [0.2, 0.25) is 11.8 Å². The van der Waals surface area contributed by atoms with Gasteiger partial charge in [0.05, 0.1) is 37.7 Å². The van der Waals surface area contributed by atoms with Crippen LogP contribution in [0.5, 0.6) is 11.5 Å². The molecule has 2 amide bonds.